The van der Waals surface area contributed by atoms with Crippen LogP contribution in [0.3, 0.4) is 0 Å². The van der Waals surface area contributed by atoms with Gasteiger partial charge in [-0.15, -0.1) is 0 Å². The van der Waals surface area contributed by atoms with Crippen LogP contribution in [0.15, 0.2) is 64.8 Å². The molecule has 0 fully saturated rings. The lowest BCUT2D eigenvalue weighted by molar-refractivity contribution is 0.102. The lowest BCUT2D eigenvalue weighted by atomic mass is 10.0. The van der Waals surface area contributed by atoms with E-state index in [1.807, 2.05) is 61.5 Å². The quantitative estimate of drug-likeness (QED) is 0.184. The van der Waals surface area contributed by atoms with Crippen LogP contribution >= 0.6 is 0 Å². The van der Waals surface area contributed by atoms with Gasteiger partial charge < -0.3 is 5.32 Å². The number of pyridine rings is 1. The summed E-state index contributed by atoms with van der Waals surface area (Å²) in [5.74, 6) is -1.80. The van der Waals surface area contributed by atoms with Gasteiger partial charge in [0.15, 0.2) is 17.5 Å². The topological polar surface area (TPSA) is 70.0 Å². The number of hydrogen-bond donors (Lipinski definition) is 1. The lowest BCUT2D eigenvalue weighted by Crippen LogP contribution is -2.23. The molecule has 0 aliphatic rings. The SMILES string of the molecule is C/C=N\N(C)C(=NC)c1cccc(F)c1F.CC.CC.CC.Cc1ncc(C(C)C)cc1C(=O)Nc1ccc(F)cc1. The van der Waals surface area contributed by atoms with Crippen molar-refractivity contribution in [2.75, 3.05) is 19.4 Å². The van der Waals surface area contributed by atoms with Crippen molar-refractivity contribution < 1.29 is 18.0 Å². The Hall–Kier alpha value is -4.01. The number of rotatable bonds is 5. The van der Waals surface area contributed by atoms with Gasteiger partial charge in [-0.05, 0) is 67.8 Å². The van der Waals surface area contributed by atoms with Gasteiger partial charge in [-0.1, -0.05) is 61.5 Å². The van der Waals surface area contributed by atoms with Crippen molar-refractivity contribution in [2.24, 2.45) is 10.1 Å². The van der Waals surface area contributed by atoms with Gasteiger partial charge in [-0.2, -0.15) is 5.10 Å². The van der Waals surface area contributed by atoms with Crippen molar-refractivity contribution in [1.29, 1.82) is 0 Å². The number of benzene rings is 2. The molecule has 6 nitrogen and oxygen atoms in total. The molecule has 1 aromatic heterocycles. The number of aromatic nitrogens is 1. The van der Waals surface area contributed by atoms with Gasteiger partial charge in [-0.25, -0.2) is 13.2 Å². The van der Waals surface area contributed by atoms with E-state index in [-0.39, 0.29) is 23.1 Å². The molecule has 0 unspecified atom stereocenters. The van der Waals surface area contributed by atoms with E-state index in [1.165, 1.54) is 48.5 Å². The Balaban J connectivity index is 0. The molecule has 0 atom stereocenters. The first-order chi connectivity index (χ1) is 20.1. The highest BCUT2D eigenvalue weighted by Crippen LogP contribution is 2.18. The molecular weight excluding hydrogens is 539 g/mol. The van der Waals surface area contributed by atoms with E-state index in [2.05, 4.69) is 20.4 Å². The van der Waals surface area contributed by atoms with Gasteiger partial charge >= 0.3 is 0 Å². The number of amidine groups is 1. The summed E-state index contributed by atoms with van der Waals surface area (Å²) in [5, 5.41) is 8.06. The molecule has 1 N–H and O–H groups in total. The highest BCUT2D eigenvalue weighted by Gasteiger charge is 2.16. The zero-order valence-electron chi connectivity index (χ0n) is 27.2. The molecule has 0 bridgehead atoms. The predicted molar refractivity (Wildman–Crippen MR) is 172 cm³/mol. The second-order valence-corrected chi connectivity index (χ2v) is 8.06. The Morgan fingerprint density at radius 3 is 2.02 bits per heavy atom. The Morgan fingerprint density at radius 1 is 0.952 bits per heavy atom. The zero-order chi connectivity index (χ0) is 32.8. The highest BCUT2D eigenvalue weighted by atomic mass is 19.2. The van der Waals surface area contributed by atoms with Crippen LogP contribution in [0, 0.1) is 24.4 Å². The van der Waals surface area contributed by atoms with E-state index in [9.17, 15) is 18.0 Å². The van der Waals surface area contributed by atoms with E-state index in [0.717, 1.165) is 11.6 Å². The van der Waals surface area contributed by atoms with Gasteiger partial charge in [-0.3, -0.25) is 19.8 Å². The summed E-state index contributed by atoms with van der Waals surface area (Å²) in [4.78, 5) is 20.4. The van der Waals surface area contributed by atoms with Crippen LogP contribution in [0.5, 0.6) is 0 Å². The molecule has 1 heterocycles. The molecule has 0 aliphatic heterocycles. The number of nitrogens with one attached hydrogen (secondary N) is 1. The summed E-state index contributed by atoms with van der Waals surface area (Å²) in [7, 11) is 3.12. The van der Waals surface area contributed by atoms with Crippen LogP contribution < -0.4 is 5.32 Å². The first-order valence-electron chi connectivity index (χ1n) is 14.3. The fourth-order valence-corrected chi connectivity index (χ4v) is 3.17. The van der Waals surface area contributed by atoms with Gasteiger partial charge in [0.25, 0.3) is 5.91 Å². The molecule has 0 spiro atoms. The first-order valence-corrected chi connectivity index (χ1v) is 14.3. The summed E-state index contributed by atoms with van der Waals surface area (Å²) >= 11 is 0. The van der Waals surface area contributed by atoms with Gasteiger partial charge in [0.05, 0.1) is 11.1 Å². The zero-order valence-corrected chi connectivity index (χ0v) is 27.2. The van der Waals surface area contributed by atoms with Crippen LogP contribution in [-0.4, -0.2) is 42.0 Å². The molecule has 9 heteroatoms. The summed E-state index contributed by atoms with van der Waals surface area (Å²) < 4.78 is 39.4. The Morgan fingerprint density at radius 2 is 1.52 bits per heavy atom. The van der Waals surface area contributed by atoms with Gasteiger partial charge in [0.2, 0.25) is 0 Å². The average molecular weight is 588 g/mol. The minimum Gasteiger partial charge on any atom is -0.322 e. The number of aliphatic imine (C=N–C) groups is 1. The van der Waals surface area contributed by atoms with Crippen molar-refractivity contribution >= 4 is 23.6 Å². The monoisotopic (exact) mass is 587 g/mol. The van der Waals surface area contributed by atoms with E-state index in [4.69, 9.17) is 0 Å². The minimum absolute atomic E-state index is 0.0931. The van der Waals surface area contributed by atoms with Crippen LogP contribution in [0.1, 0.15) is 95.4 Å². The number of anilines is 1. The molecule has 3 aromatic rings. The maximum atomic E-state index is 13.5. The summed E-state index contributed by atoms with van der Waals surface area (Å²) in [6.45, 7) is 19.6. The Kier molecular flexibility index (Phi) is 21.6. The standard InChI is InChI=1S/C16H17FN2O.C11H13F2N3.3C2H6/c1-10(2)12-8-15(11(3)18-9-12)16(20)19-14-6-4-13(17)5-7-14;1-4-15-16(3)11(14-2)8-6-5-7-9(12)10(8)13;3*1-2/h4-10H,1-3H3,(H,19,20);4-7H,1-3H3;3*1-2H3/b;14-11?,15-4-;;;. The third-order valence-electron chi connectivity index (χ3n) is 5.12. The van der Waals surface area contributed by atoms with E-state index < -0.39 is 11.6 Å². The van der Waals surface area contributed by atoms with Crippen molar-refractivity contribution in [2.45, 2.75) is 75.2 Å². The maximum absolute atomic E-state index is 13.5. The second-order valence-electron chi connectivity index (χ2n) is 8.06. The van der Waals surface area contributed by atoms with Gasteiger partial charge in [0, 0.05) is 37.9 Å². The second kappa shape index (κ2) is 22.7. The average Bonchev–Trinajstić information content (AvgIpc) is 3.00. The molecular formula is C33H48F3N5O. The first kappa shape index (κ1) is 40.1. The molecule has 1 amide bonds. The van der Waals surface area contributed by atoms with Crippen LogP contribution in [0.25, 0.3) is 0 Å². The number of carbonyl (C=O) groups is 1. The number of nitrogens with zero attached hydrogens (tertiary/aromatic N) is 4. The van der Waals surface area contributed by atoms with Gasteiger partial charge in [0.1, 0.15) is 5.82 Å². The number of amides is 1. The van der Waals surface area contributed by atoms with Crippen LogP contribution in [0.2, 0.25) is 0 Å². The Labute approximate surface area is 250 Å². The van der Waals surface area contributed by atoms with E-state index >= 15 is 0 Å². The number of halogens is 3. The molecule has 42 heavy (non-hydrogen) atoms. The molecule has 0 saturated carbocycles. The van der Waals surface area contributed by atoms with Crippen LogP contribution in [0.4, 0.5) is 18.9 Å². The number of hydrazone groups is 1. The number of hydrogen-bond acceptors (Lipinski definition) is 4. The Bertz CT molecular complexity index is 1240. The summed E-state index contributed by atoms with van der Waals surface area (Å²) in [6.07, 6.45) is 3.33. The fourth-order valence-electron chi connectivity index (χ4n) is 3.17. The molecule has 0 saturated heterocycles. The number of carbonyl (C=O) groups excluding carboxylic acids is 1. The molecule has 0 aliphatic carbocycles. The molecule has 3 rings (SSSR count). The van der Waals surface area contributed by atoms with Crippen molar-refractivity contribution in [1.82, 2.24) is 9.99 Å². The van der Waals surface area contributed by atoms with E-state index in [1.54, 1.807) is 33.3 Å². The van der Waals surface area contributed by atoms with Crippen LogP contribution in [-0.2, 0) is 0 Å². The third-order valence-corrected chi connectivity index (χ3v) is 5.12. The smallest absolute Gasteiger partial charge is 0.257 e. The molecule has 2 aromatic carbocycles. The fraction of sp³-hybridized carbons (Fsp3) is 0.394. The lowest BCUT2D eigenvalue weighted by Gasteiger charge is -2.15. The maximum Gasteiger partial charge on any atom is 0.257 e. The largest absolute Gasteiger partial charge is 0.322 e. The summed E-state index contributed by atoms with van der Waals surface area (Å²) in [5.41, 5.74) is 2.88. The third kappa shape index (κ3) is 13.1. The molecule has 232 valence electrons. The molecule has 0 radical (unpaired) electrons. The number of aryl methyl sites for hydroxylation is 1. The normalized spacial score (nSPS) is 10.1. The predicted octanol–water partition coefficient (Wildman–Crippen LogP) is 9.26. The van der Waals surface area contributed by atoms with Crippen molar-refractivity contribution in [3.05, 3.63) is 94.6 Å². The van der Waals surface area contributed by atoms with Crippen molar-refractivity contribution in [3.8, 4) is 0 Å². The minimum atomic E-state index is -0.916. The summed E-state index contributed by atoms with van der Waals surface area (Å²) in [6, 6.07) is 11.5. The van der Waals surface area contributed by atoms with Crippen molar-refractivity contribution in [3.63, 3.8) is 0 Å². The highest BCUT2D eigenvalue weighted by molar-refractivity contribution is 6.05. The van der Waals surface area contributed by atoms with E-state index in [0.29, 0.717) is 22.9 Å².